The van der Waals surface area contributed by atoms with E-state index in [1.54, 1.807) is 12.1 Å². The van der Waals surface area contributed by atoms with Crippen LogP contribution in [0.4, 0.5) is 11.5 Å². The van der Waals surface area contributed by atoms with Crippen molar-refractivity contribution in [3.8, 4) is 17.2 Å². The zero-order valence-corrected chi connectivity index (χ0v) is 10.6. The highest BCUT2D eigenvalue weighted by Gasteiger charge is 2.09. The summed E-state index contributed by atoms with van der Waals surface area (Å²) < 4.78 is 1.45. The van der Waals surface area contributed by atoms with Gasteiger partial charge >= 0.3 is 0 Å². The van der Waals surface area contributed by atoms with E-state index in [4.69, 9.17) is 5.73 Å². The smallest absolute Gasteiger partial charge is 0.269 e. The van der Waals surface area contributed by atoms with Crippen molar-refractivity contribution in [2.75, 3.05) is 5.73 Å². The van der Waals surface area contributed by atoms with Crippen LogP contribution in [0.15, 0.2) is 43.0 Å². The van der Waals surface area contributed by atoms with Crippen LogP contribution >= 0.6 is 0 Å². The molecule has 0 fully saturated rings. The molecule has 0 saturated heterocycles. The molecule has 0 amide bonds. The summed E-state index contributed by atoms with van der Waals surface area (Å²) in [4.78, 5) is 22.3. The van der Waals surface area contributed by atoms with Crippen molar-refractivity contribution in [2.24, 2.45) is 0 Å². The van der Waals surface area contributed by atoms with Gasteiger partial charge in [0.05, 0.1) is 17.3 Å². The summed E-state index contributed by atoms with van der Waals surface area (Å²) in [6.45, 7) is 0. The molecule has 0 aliphatic heterocycles. The second kappa shape index (κ2) is 4.96. The zero-order valence-electron chi connectivity index (χ0n) is 10.6. The largest absolute Gasteiger partial charge is 0.382 e. The minimum Gasteiger partial charge on any atom is -0.382 e. The molecular formula is C12H9N7O2. The minimum absolute atomic E-state index is 0.0163. The summed E-state index contributed by atoms with van der Waals surface area (Å²) in [5, 5.41) is 14.9. The van der Waals surface area contributed by atoms with Crippen LogP contribution in [0.1, 0.15) is 0 Å². The number of benzene rings is 1. The quantitative estimate of drug-likeness (QED) is 0.565. The molecule has 104 valence electrons. The Balaban J connectivity index is 1.90. The number of nitro benzene ring substituents is 1. The van der Waals surface area contributed by atoms with Crippen molar-refractivity contribution in [3.63, 3.8) is 0 Å². The molecule has 9 nitrogen and oxygen atoms in total. The van der Waals surface area contributed by atoms with Crippen molar-refractivity contribution in [1.29, 1.82) is 0 Å². The number of non-ortho nitro benzene ring substituents is 1. The highest BCUT2D eigenvalue weighted by atomic mass is 16.6. The lowest BCUT2D eigenvalue weighted by Gasteiger charge is -1.98. The second-order valence-electron chi connectivity index (χ2n) is 4.12. The van der Waals surface area contributed by atoms with Crippen LogP contribution in [0.25, 0.3) is 17.2 Å². The predicted octanol–water partition coefficient (Wildman–Crippen LogP) is 1.21. The fourth-order valence-electron chi connectivity index (χ4n) is 1.69. The molecule has 2 heterocycles. The Morgan fingerprint density at radius 3 is 2.48 bits per heavy atom. The first-order valence-electron chi connectivity index (χ1n) is 5.88. The van der Waals surface area contributed by atoms with Crippen LogP contribution in [-0.4, -0.2) is 29.7 Å². The molecule has 3 rings (SSSR count). The van der Waals surface area contributed by atoms with Gasteiger partial charge in [-0.1, -0.05) is 0 Å². The molecule has 0 spiro atoms. The Kier molecular flexibility index (Phi) is 2.99. The van der Waals surface area contributed by atoms with Crippen LogP contribution in [0.5, 0.6) is 0 Å². The molecule has 2 N–H and O–H groups in total. The van der Waals surface area contributed by atoms with Crippen LogP contribution in [0.2, 0.25) is 0 Å². The van der Waals surface area contributed by atoms with E-state index in [-0.39, 0.29) is 5.69 Å². The van der Waals surface area contributed by atoms with Crippen LogP contribution < -0.4 is 5.73 Å². The van der Waals surface area contributed by atoms with Gasteiger partial charge in [-0.3, -0.25) is 10.1 Å². The molecule has 0 bridgehead atoms. The van der Waals surface area contributed by atoms with Gasteiger partial charge in [0.2, 0.25) is 0 Å². The molecule has 0 unspecified atom stereocenters. The lowest BCUT2D eigenvalue weighted by atomic mass is 10.2. The van der Waals surface area contributed by atoms with E-state index in [9.17, 15) is 10.1 Å². The van der Waals surface area contributed by atoms with Gasteiger partial charge in [-0.05, 0) is 12.1 Å². The molecular weight excluding hydrogens is 274 g/mol. The monoisotopic (exact) mass is 283 g/mol. The lowest BCUT2D eigenvalue weighted by molar-refractivity contribution is -0.384. The first-order valence-corrected chi connectivity index (χ1v) is 5.88. The fraction of sp³-hybridized carbons (Fsp3) is 0. The van der Waals surface area contributed by atoms with Crippen molar-refractivity contribution in [2.45, 2.75) is 0 Å². The normalized spacial score (nSPS) is 10.5. The Morgan fingerprint density at radius 2 is 1.86 bits per heavy atom. The van der Waals surface area contributed by atoms with Gasteiger partial charge in [-0.2, -0.15) is 0 Å². The first-order chi connectivity index (χ1) is 10.1. The highest BCUT2D eigenvalue weighted by molar-refractivity contribution is 5.56. The number of hydrogen-bond acceptors (Lipinski definition) is 7. The predicted molar refractivity (Wildman–Crippen MR) is 73.5 cm³/mol. The van der Waals surface area contributed by atoms with Crippen LogP contribution in [0.3, 0.4) is 0 Å². The van der Waals surface area contributed by atoms with Crippen LogP contribution in [0, 0.1) is 10.1 Å². The Labute approximate surface area is 118 Å². The Hall–Kier alpha value is -3.36. The summed E-state index contributed by atoms with van der Waals surface area (Å²) in [6.07, 6.45) is 4.38. The van der Waals surface area contributed by atoms with E-state index in [1.807, 2.05) is 0 Å². The van der Waals surface area contributed by atoms with E-state index >= 15 is 0 Å². The van der Waals surface area contributed by atoms with Gasteiger partial charge in [0.25, 0.3) is 5.69 Å². The third kappa shape index (κ3) is 2.52. The van der Waals surface area contributed by atoms with E-state index in [2.05, 4.69) is 20.1 Å². The summed E-state index contributed by atoms with van der Waals surface area (Å²) in [5.41, 5.74) is 6.15. The summed E-state index contributed by atoms with van der Waals surface area (Å²) in [6, 6.07) is 5.98. The maximum absolute atomic E-state index is 10.6. The van der Waals surface area contributed by atoms with Crippen LogP contribution in [-0.2, 0) is 0 Å². The molecule has 9 heteroatoms. The van der Waals surface area contributed by atoms with E-state index in [0.717, 1.165) is 0 Å². The van der Waals surface area contributed by atoms with Crippen molar-refractivity contribution in [1.82, 2.24) is 24.7 Å². The number of nitrogens with zero attached hydrogens (tertiary/aromatic N) is 6. The maximum Gasteiger partial charge on any atom is 0.269 e. The van der Waals surface area contributed by atoms with Crippen molar-refractivity contribution < 1.29 is 4.92 Å². The van der Waals surface area contributed by atoms with Gasteiger partial charge in [-0.15, -0.1) is 5.10 Å². The molecule has 3 aromatic rings. The molecule has 1 aromatic carbocycles. The average Bonchev–Trinajstić information content (AvgIpc) is 2.98. The van der Waals surface area contributed by atoms with Gasteiger partial charge in [0.15, 0.2) is 11.6 Å². The number of aromatic nitrogens is 5. The molecule has 2 aromatic heterocycles. The number of rotatable bonds is 3. The molecule has 21 heavy (non-hydrogen) atoms. The molecule has 0 saturated carbocycles. The molecule has 0 atom stereocenters. The van der Waals surface area contributed by atoms with Gasteiger partial charge in [-0.25, -0.2) is 19.6 Å². The number of nitrogen functional groups attached to an aromatic ring is 1. The fourth-order valence-corrected chi connectivity index (χ4v) is 1.69. The van der Waals surface area contributed by atoms with Crippen molar-refractivity contribution in [3.05, 3.63) is 53.1 Å². The Morgan fingerprint density at radius 1 is 1.10 bits per heavy atom. The molecule has 0 aliphatic carbocycles. The number of nitro groups is 1. The number of hydrogen-bond donors (Lipinski definition) is 1. The van der Waals surface area contributed by atoms with Gasteiger partial charge < -0.3 is 5.73 Å². The van der Waals surface area contributed by atoms with Gasteiger partial charge in [0.1, 0.15) is 12.1 Å². The third-order valence-electron chi connectivity index (χ3n) is 2.72. The van der Waals surface area contributed by atoms with E-state index < -0.39 is 4.92 Å². The second-order valence-corrected chi connectivity index (χ2v) is 4.12. The first kappa shape index (κ1) is 12.7. The highest BCUT2D eigenvalue weighted by Crippen LogP contribution is 2.19. The SMILES string of the molecule is Nc1cnc(-n2cnc(-c3ccc([N+](=O)[O-])cc3)n2)cn1. The number of anilines is 1. The van der Waals surface area contributed by atoms with Gasteiger partial charge in [0, 0.05) is 17.7 Å². The van der Waals surface area contributed by atoms with E-state index in [0.29, 0.717) is 23.0 Å². The third-order valence-corrected chi connectivity index (χ3v) is 2.72. The lowest BCUT2D eigenvalue weighted by Crippen LogP contribution is -2.00. The maximum atomic E-state index is 10.6. The number of nitrogens with two attached hydrogens (primary N) is 1. The zero-order chi connectivity index (χ0) is 14.8. The Bertz CT molecular complexity index is 780. The summed E-state index contributed by atoms with van der Waals surface area (Å²) in [5.74, 6) is 1.22. The molecule has 0 radical (unpaired) electrons. The molecule has 0 aliphatic rings. The topological polar surface area (TPSA) is 126 Å². The van der Waals surface area contributed by atoms with Crippen molar-refractivity contribution >= 4 is 11.5 Å². The van der Waals surface area contributed by atoms with E-state index in [1.165, 1.54) is 35.5 Å². The average molecular weight is 283 g/mol. The summed E-state index contributed by atoms with van der Waals surface area (Å²) >= 11 is 0. The minimum atomic E-state index is -0.459. The summed E-state index contributed by atoms with van der Waals surface area (Å²) in [7, 11) is 0. The standard InChI is InChI=1S/C12H9N7O2/c13-10-5-15-11(6-14-10)18-7-16-12(17-18)8-1-3-9(4-2-8)19(20)21/h1-7H,(H2,13,14).